The van der Waals surface area contributed by atoms with E-state index in [1.807, 2.05) is 13.8 Å². The third-order valence-electron chi connectivity index (χ3n) is 6.49. The van der Waals surface area contributed by atoms with E-state index in [1.54, 1.807) is 0 Å². The Morgan fingerprint density at radius 2 is 2.00 bits per heavy atom. The molecule has 0 spiro atoms. The maximum Gasteiger partial charge on any atom is 0.480 e. The molecule has 252 valence electrons. The number of nitrogen functional groups attached to an aromatic ring is 1. The molecule has 3 heterocycles. The maximum absolute atomic E-state index is 13.5. The van der Waals surface area contributed by atoms with Crippen molar-refractivity contribution in [2.24, 2.45) is 5.92 Å². The highest BCUT2D eigenvalue weighted by atomic mass is 35.5. The first kappa shape index (κ1) is 36.7. The number of esters is 1. The van der Waals surface area contributed by atoms with Crippen LogP contribution in [0.15, 0.2) is 11.1 Å². The van der Waals surface area contributed by atoms with Crippen LogP contribution in [-0.2, 0) is 46.3 Å². The number of rotatable bonds is 18. The first-order valence-corrected chi connectivity index (χ1v) is 17.4. The van der Waals surface area contributed by atoms with Crippen LogP contribution in [-0.4, -0.2) is 86.5 Å². The molecule has 1 fully saturated rings. The van der Waals surface area contributed by atoms with Gasteiger partial charge in [-0.1, -0.05) is 26.7 Å². The van der Waals surface area contributed by atoms with Gasteiger partial charge in [-0.25, -0.2) is 19.2 Å². The zero-order valence-electron chi connectivity index (χ0n) is 24.7. The molecular weight excluding hydrogens is 664 g/mol. The predicted octanol–water partition coefficient (Wildman–Crippen LogP) is 1.13. The summed E-state index contributed by atoms with van der Waals surface area (Å²) in [4.78, 5) is 69.2. The summed E-state index contributed by atoms with van der Waals surface area (Å²) in [5.74, 6) is -2.34. The number of aromatic amines is 1. The lowest BCUT2D eigenvalue weighted by molar-refractivity contribution is -0.146. The fourth-order valence-electron chi connectivity index (χ4n) is 4.03. The van der Waals surface area contributed by atoms with Gasteiger partial charge in [0.05, 0.1) is 32.3 Å². The first-order chi connectivity index (χ1) is 21.2. The van der Waals surface area contributed by atoms with Crippen LogP contribution in [0.1, 0.15) is 46.3 Å². The normalized spacial score (nSPS) is 20.2. The van der Waals surface area contributed by atoms with Gasteiger partial charge in [-0.3, -0.25) is 37.8 Å². The molecule has 0 aliphatic carbocycles. The van der Waals surface area contributed by atoms with Gasteiger partial charge in [0.1, 0.15) is 11.9 Å². The summed E-state index contributed by atoms with van der Waals surface area (Å²) < 4.78 is 53.4. The fraction of sp³-hybridized carbons (Fsp3) is 0.652. The molecule has 1 saturated heterocycles. The van der Waals surface area contributed by atoms with Crippen molar-refractivity contribution in [2.75, 3.05) is 38.0 Å². The molecule has 45 heavy (non-hydrogen) atoms. The molecule has 2 aromatic rings. The number of fused-ring (bicyclic) bond motifs is 1. The Morgan fingerprint density at radius 1 is 1.29 bits per heavy atom. The van der Waals surface area contributed by atoms with Crippen LogP contribution < -0.4 is 21.7 Å². The Hall–Kier alpha value is -2.73. The fourth-order valence-corrected chi connectivity index (χ4v) is 7.12. The summed E-state index contributed by atoms with van der Waals surface area (Å²) in [6.07, 6.45) is 0.00977. The number of alkyl halides is 1. The second-order valence-electron chi connectivity index (χ2n) is 9.88. The van der Waals surface area contributed by atoms with Crippen LogP contribution >= 0.6 is 27.2 Å². The topological polar surface area (TPSA) is 265 Å². The molecule has 22 heteroatoms. The largest absolute Gasteiger partial charge is 0.480 e. The minimum atomic E-state index is -5.21. The van der Waals surface area contributed by atoms with Gasteiger partial charge in [0.15, 0.2) is 23.2 Å². The number of hydrogen-bond donors (Lipinski definition) is 5. The summed E-state index contributed by atoms with van der Waals surface area (Å²) in [6, 6.07) is -1.32. The van der Waals surface area contributed by atoms with Gasteiger partial charge < -0.3 is 25.4 Å². The molecule has 0 bridgehead atoms. The van der Waals surface area contributed by atoms with E-state index in [2.05, 4.69) is 25.4 Å². The molecule has 0 aromatic carbocycles. The smallest absolute Gasteiger partial charge is 0.464 e. The van der Waals surface area contributed by atoms with Gasteiger partial charge in [-0.2, -0.15) is 9.29 Å². The average Bonchev–Trinajstić information content (AvgIpc) is 3.56. The minimum absolute atomic E-state index is 0.0220. The number of anilines is 1. The van der Waals surface area contributed by atoms with E-state index < -0.39 is 70.4 Å². The zero-order chi connectivity index (χ0) is 33.4. The number of ketones is 1. The van der Waals surface area contributed by atoms with Crippen LogP contribution in [0.5, 0.6) is 0 Å². The highest BCUT2D eigenvalue weighted by Crippen LogP contribution is 2.61. The van der Waals surface area contributed by atoms with Crippen molar-refractivity contribution in [1.82, 2.24) is 29.9 Å². The van der Waals surface area contributed by atoms with Gasteiger partial charge in [0, 0.05) is 13.0 Å². The number of aromatic nitrogens is 4. The number of phosphoric ester groups is 1. The monoisotopic (exact) mass is 699 g/mol. The Balaban J connectivity index is 1.65. The van der Waals surface area contributed by atoms with Gasteiger partial charge >= 0.3 is 21.5 Å². The molecule has 0 saturated carbocycles. The minimum Gasteiger partial charge on any atom is -0.464 e. The molecule has 6 N–H and O–H groups in total. The quantitative estimate of drug-likeness (QED) is 0.0631. The summed E-state index contributed by atoms with van der Waals surface area (Å²) in [5.41, 5.74) is 4.85. The molecule has 5 atom stereocenters. The molecule has 1 aliphatic heterocycles. The van der Waals surface area contributed by atoms with E-state index in [1.165, 1.54) is 11.5 Å². The third kappa shape index (κ3) is 10.4. The lowest BCUT2D eigenvalue weighted by Crippen LogP contribution is -2.36. The van der Waals surface area contributed by atoms with E-state index in [-0.39, 0.29) is 48.5 Å². The second-order valence-corrected chi connectivity index (χ2v) is 13.5. The number of carbonyl (C=O) groups is 3. The average molecular weight is 700 g/mol. The van der Waals surface area contributed by atoms with E-state index in [4.69, 9.17) is 40.2 Å². The van der Waals surface area contributed by atoms with Crippen LogP contribution in [0, 0.1) is 5.92 Å². The standard InChI is InChI=1S/C23H36ClN7O12P2/c1-4-14(5-2)10-39-22(35)13(3)30-44(36,40-7-6-26-17(33)9-24)43-45(37,38)41-11-15-8-16(32)21(42-15)31-12-27-18-19(31)28-23(25)29-20(18)34/h12-15,21H,4-11H2,1-3H3,(H,26,33)(H,30,36)(H,37,38)(H3,25,28,29,34). The van der Waals surface area contributed by atoms with Gasteiger partial charge in [-0.15, -0.1) is 11.6 Å². The molecule has 1 amide bonds. The number of amides is 1. The van der Waals surface area contributed by atoms with E-state index in [0.717, 1.165) is 19.2 Å². The van der Waals surface area contributed by atoms with Gasteiger partial charge in [0.2, 0.25) is 11.9 Å². The number of phosphoric acid groups is 1. The summed E-state index contributed by atoms with van der Waals surface area (Å²) in [6.45, 7) is 3.88. The highest BCUT2D eigenvalue weighted by Gasteiger charge is 2.42. The number of H-pyrrole nitrogens is 1. The van der Waals surface area contributed by atoms with Gasteiger partial charge in [0.25, 0.3) is 5.56 Å². The number of nitrogens with zero attached hydrogens (tertiary/aromatic N) is 3. The summed E-state index contributed by atoms with van der Waals surface area (Å²) in [7, 11) is -10.0. The van der Waals surface area contributed by atoms with Crippen molar-refractivity contribution in [3.8, 4) is 0 Å². The molecule has 2 aromatic heterocycles. The van der Waals surface area contributed by atoms with Gasteiger partial charge in [-0.05, 0) is 12.8 Å². The lowest BCUT2D eigenvalue weighted by Gasteiger charge is -2.24. The number of nitrogens with one attached hydrogen (secondary N) is 3. The van der Waals surface area contributed by atoms with Crippen LogP contribution in [0.3, 0.4) is 0 Å². The Kier molecular flexibility index (Phi) is 13.2. The van der Waals surface area contributed by atoms with E-state index >= 15 is 0 Å². The number of Topliss-reactive ketones (excluding diaryl/α,β-unsaturated/α-hetero) is 1. The third-order valence-corrected chi connectivity index (χ3v) is 10.1. The SMILES string of the molecule is CCC(CC)COC(=O)C(C)NP(=O)(OCCNC(=O)CCl)OP(=O)(O)OCC1CC(=O)C(n2cnc3c(=O)[nH]c(N)nc32)O1. The number of hydrogen-bond acceptors (Lipinski definition) is 14. The summed E-state index contributed by atoms with van der Waals surface area (Å²) in [5, 5.41) is 4.59. The number of nitrogens with two attached hydrogens (primary N) is 1. The predicted molar refractivity (Wildman–Crippen MR) is 158 cm³/mol. The first-order valence-electron chi connectivity index (χ1n) is 13.8. The molecule has 0 radical (unpaired) electrons. The van der Waals surface area contributed by atoms with Crippen molar-refractivity contribution in [2.45, 2.75) is 58.4 Å². The molecule has 19 nitrogen and oxygen atoms in total. The van der Waals surface area contributed by atoms with Crippen molar-refractivity contribution in [3.05, 3.63) is 16.7 Å². The number of halogens is 1. The molecule has 1 aliphatic rings. The second kappa shape index (κ2) is 16.2. The van der Waals surface area contributed by atoms with Crippen molar-refractivity contribution in [3.63, 3.8) is 0 Å². The lowest BCUT2D eigenvalue weighted by atomic mass is 10.1. The van der Waals surface area contributed by atoms with Crippen molar-refractivity contribution in [1.29, 1.82) is 0 Å². The Bertz CT molecular complexity index is 1520. The number of ether oxygens (including phenoxy) is 2. The number of imidazole rings is 1. The van der Waals surface area contributed by atoms with Crippen LogP contribution in [0.4, 0.5) is 5.95 Å². The zero-order valence-corrected chi connectivity index (χ0v) is 27.2. The van der Waals surface area contributed by atoms with E-state index in [0.29, 0.717) is 0 Å². The van der Waals surface area contributed by atoms with Crippen molar-refractivity contribution >= 4 is 61.9 Å². The molecule has 3 rings (SSSR count). The van der Waals surface area contributed by atoms with Crippen LogP contribution in [0.25, 0.3) is 11.2 Å². The van der Waals surface area contributed by atoms with Crippen LogP contribution in [0.2, 0.25) is 0 Å². The van der Waals surface area contributed by atoms with Crippen molar-refractivity contribution < 1.29 is 51.2 Å². The van der Waals surface area contributed by atoms with E-state index in [9.17, 15) is 33.2 Å². The summed E-state index contributed by atoms with van der Waals surface area (Å²) >= 11 is 5.42. The number of carbonyl (C=O) groups excluding carboxylic acids is 3. The highest BCUT2D eigenvalue weighted by molar-refractivity contribution is 7.63. The molecular formula is C23H36ClN7O12P2. The Morgan fingerprint density at radius 3 is 2.67 bits per heavy atom. The maximum atomic E-state index is 13.5. The Labute approximate surface area is 262 Å². The molecule has 5 unspecified atom stereocenters.